The number of hydrogen-bond acceptors (Lipinski definition) is 7. The van der Waals surface area contributed by atoms with Crippen LogP contribution in [0.2, 0.25) is 5.02 Å². The van der Waals surface area contributed by atoms with Crippen molar-refractivity contribution in [2.45, 2.75) is 39.4 Å². The number of ether oxygens (including phenoxy) is 1. The van der Waals surface area contributed by atoms with Gasteiger partial charge in [-0.15, -0.1) is 0 Å². The molecule has 1 heterocycles. The Balaban J connectivity index is 2.25. The summed E-state index contributed by atoms with van der Waals surface area (Å²) in [4.78, 5) is 39.5. The zero-order chi connectivity index (χ0) is 30.3. The molecule has 0 spiro atoms. The number of ketones is 1. The van der Waals surface area contributed by atoms with Gasteiger partial charge < -0.3 is 25.4 Å². The van der Waals surface area contributed by atoms with Gasteiger partial charge in [0, 0.05) is 34.3 Å². The molecular formula is C31H31ClN2O7. The number of halogens is 1. The minimum Gasteiger partial charge on any atom is -0.415 e. The Morgan fingerprint density at radius 3 is 2.39 bits per heavy atom. The number of anilines is 1. The van der Waals surface area contributed by atoms with Crippen LogP contribution in [0.5, 0.6) is 5.75 Å². The summed E-state index contributed by atoms with van der Waals surface area (Å²) in [5, 5.41) is 32.1. The predicted octanol–water partition coefficient (Wildman–Crippen LogP) is 4.91. The summed E-state index contributed by atoms with van der Waals surface area (Å²) >= 11 is 6.16. The lowest BCUT2D eigenvalue weighted by Crippen LogP contribution is -2.37. The lowest BCUT2D eigenvalue weighted by molar-refractivity contribution is -0.419. The smallest absolute Gasteiger partial charge is 0.415 e. The van der Waals surface area contributed by atoms with Gasteiger partial charge in [-0.2, -0.15) is 0 Å². The van der Waals surface area contributed by atoms with Crippen LogP contribution in [0.4, 0.5) is 5.69 Å². The van der Waals surface area contributed by atoms with Crippen molar-refractivity contribution in [2.24, 2.45) is 0 Å². The van der Waals surface area contributed by atoms with E-state index in [1.165, 1.54) is 25.1 Å². The number of benzene rings is 2. The van der Waals surface area contributed by atoms with E-state index in [9.17, 15) is 29.7 Å². The number of carbonyl (C=O) groups excluding carboxylic acids is 2. The summed E-state index contributed by atoms with van der Waals surface area (Å²) in [5.74, 6) is -1.33. The molecule has 0 aliphatic heterocycles. The van der Waals surface area contributed by atoms with Gasteiger partial charge in [0.1, 0.15) is 6.04 Å². The van der Waals surface area contributed by atoms with Crippen molar-refractivity contribution >= 4 is 29.0 Å². The number of aromatic nitrogens is 1. The largest absolute Gasteiger partial charge is 0.453 e. The Labute approximate surface area is 242 Å². The lowest BCUT2D eigenvalue weighted by atomic mass is 9.97. The predicted molar refractivity (Wildman–Crippen MR) is 158 cm³/mol. The number of amides is 1. The number of aliphatic hydroxyl groups is 3. The highest BCUT2D eigenvalue weighted by molar-refractivity contribution is 6.31. The van der Waals surface area contributed by atoms with Gasteiger partial charge in [0.05, 0.1) is 6.20 Å². The van der Waals surface area contributed by atoms with Crippen molar-refractivity contribution in [3.8, 4) is 16.9 Å². The Hall–Kier alpha value is -4.28. The molecular weight excluding hydrogens is 548 g/mol. The van der Waals surface area contributed by atoms with E-state index < -0.39 is 29.4 Å². The van der Waals surface area contributed by atoms with E-state index in [1.54, 1.807) is 36.4 Å². The van der Waals surface area contributed by atoms with Crippen LogP contribution in [0, 0.1) is 6.92 Å². The molecule has 1 amide bonds. The van der Waals surface area contributed by atoms with Gasteiger partial charge in [-0.3, -0.25) is 19.0 Å². The maximum absolute atomic E-state index is 13.6. The Morgan fingerprint density at radius 2 is 1.80 bits per heavy atom. The summed E-state index contributed by atoms with van der Waals surface area (Å²) in [6.45, 7) is 8.83. The molecule has 1 unspecified atom stereocenters. The van der Waals surface area contributed by atoms with Crippen LogP contribution in [0.1, 0.15) is 42.2 Å². The van der Waals surface area contributed by atoms with E-state index in [0.717, 1.165) is 22.4 Å². The van der Waals surface area contributed by atoms with Crippen molar-refractivity contribution in [1.29, 1.82) is 0 Å². The second-order valence-corrected chi connectivity index (χ2v) is 9.70. The SMILES string of the molecule is C=C/C(=C\C=C/C)CC(C(=O)Nc1ccc(C)cc1)n1cc(OC(O)(O)O)c(-c2cc(Cl)ccc2C(C)=O)cc1=O. The van der Waals surface area contributed by atoms with Crippen LogP contribution < -0.4 is 15.6 Å². The van der Waals surface area contributed by atoms with Crippen molar-refractivity contribution in [1.82, 2.24) is 4.57 Å². The topological polar surface area (TPSA) is 138 Å². The normalized spacial score (nSPS) is 12.7. The zero-order valence-corrected chi connectivity index (χ0v) is 23.6. The molecule has 0 fully saturated rings. The van der Waals surface area contributed by atoms with Crippen molar-refractivity contribution in [3.05, 3.63) is 118 Å². The van der Waals surface area contributed by atoms with Crippen LogP contribution in [0.15, 0.2) is 96.0 Å². The molecule has 0 radical (unpaired) electrons. The average Bonchev–Trinajstić information content (AvgIpc) is 2.90. The first-order valence-corrected chi connectivity index (χ1v) is 13.0. The van der Waals surface area contributed by atoms with Gasteiger partial charge in [-0.1, -0.05) is 60.2 Å². The zero-order valence-electron chi connectivity index (χ0n) is 22.8. The van der Waals surface area contributed by atoms with Crippen LogP contribution in [-0.4, -0.2) is 37.7 Å². The summed E-state index contributed by atoms with van der Waals surface area (Å²) in [6.07, 6.45) is 4.27. The maximum Gasteiger partial charge on any atom is 0.453 e. The standard InChI is InChI=1S/C31H31ClN2O7/c1-5-7-8-21(6-2)15-27(30(37)33-23-12-9-19(3)10-13-23)34-18-28(41-31(38,39)40)26(17-29(34)36)25-16-22(32)11-14-24(25)20(4)35/h5-14,16-18,27,38-40H,2,15H2,1,3-4H3,(H,33,37)/b7-5-,21-8+. The van der Waals surface area contributed by atoms with Gasteiger partial charge in [0.15, 0.2) is 11.5 Å². The molecule has 0 aliphatic rings. The van der Waals surface area contributed by atoms with Crippen LogP contribution in [-0.2, 0) is 4.79 Å². The van der Waals surface area contributed by atoms with E-state index in [2.05, 4.69) is 11.9 Å². The molecule has 1 atom stereocenters. The van der Waals surface area contributed by atoms with Crippen LogP contribution in [0.25, 0.3) is 11.1 Å². The molecule has 1 aromatic heterocycles. The van der Waals surface area contributed by atoms with E-state index in [-0.39, 0.29) is 33.9 Å². The number of allylic oxidation sites excluding steroid dienone is 5. The third kappa shape index (κ3) is 8.36. The number of aryl methyl sites for hydroxylation is 1. The first-order valence-electron chi connectivity index (χ1n) is 12.6. The van der Waals surface area contributed by atoms with Gasteiger partial charge in [-0.05, 0) is 62.2 Å². The van der Waals surface area contributed by atoms with Gasteiger partial charge in [0.25, 0.3) is 5.56 Å². The molecule has 2 aromatic carbocycles. The summed E-state index contributed by atoms with van der Waals surface area (Å²) in [7, 11) is 0. The Bertz CT molecular complexity index is 1560. The molecule has 3 rings (SSSR count). The summed E-state index contributed by atoms with van der Waals surface area (Å²) in [5.41, 5.74) is 1.67. The van der Waals surface area contributed by atoms with Crippen molar-refractivity contribution in [2.75, 3.05) is 5.32 Å². The first-order chi connectivity index (χ1) is 19.3. The fourth-order valence-electron chi connectivity index (χ4n) is 4.10. The number of nitrogens with zero attached hydrogens (tertiary/aromatic N) is 1. The van der Waals surface area contributed by atoms with E-state index in [4.69, 9.17) is 16.3 Å². The Kier molecular flexibility index (Phi) is 10.2. The van der Waals surface area contributed by atoms with Crippen molar-refractivity contribution < 1.29 is 29.6 Å². The number of pyridine rings is 1. The highest BCUT2D eigenvalue weighted by Gasteiger charge is 2.29. The molecule has 0 bridgehead atoms. The number of hydrogen-bond donors (Lipinski definition) is 4. The molecule has 9 nitrogen and oxygen atoms in total. The third-order valence-electron chi connectivity index (χ3n) is 6.09. The Morgan fingerprint density at radius 1 is 1.12 bits per heavy atom. The van der Waals surface area contributed by atoms with Crippen molar-refractivity contribution in [3.63, 3.8) is 0 Å². The molecule has 10 heteroatoms. The fraction of sp³-hybridized carbons (Fsp3) is 0.194. The minimum atomic E-state index is -3.65. The van der Waals surface area contributed by atoms with Gasteiger partial charge in [0.2, 0.25) is 5.91 Å². The summed E-state index contributed by atoms with van der Waals surface area (Å²) < 4.78 is 6.03. The molecule has 214 valence electrons. The third-order valence-corrected chi connectivity index (χ3v) is 6.33. The van der Waals surface area contributed by atoms with Crippen LogP contribution in [0.3, 0.4) is 0 Å². The van der Waals surface area contributed by atoms with Gasteiger partial charge >= 0.3 is 6.16 Å². The van der Waals surface area contributed by atoms with E-state index in [1.807, 2.05) is 26.0 Å². The number of carbonyl (C=O) groups is 2. The average molecular weight is 579 g/mol. The number of nitrogens with one attached hydrogen (secondary N) is 1. The highest BCUT2D eigenvalue weighted by atomic mass is 35.5. The molecule has 0 aliphatic carbocycles. The van der Waals surface area contributed by atoms with Gasteiger partial charge in [-0.25, -0.2) is 0 Å². The monoisotopic (exact) mass is 578 g/mol. The molecule has 0 saturated carbocycles. The highest BCUT2D eigenvalue weighted by Crippen LogP contribution is 2.35. The number of Topliss-reactive ketones (excluding diaryl/α,β-unsaturated/α-hetero) is 1. The second kappa shape index (κ2) is 13.4. The van der Waals surface area contributed by atoms with E-state index >= 15 is 0 Å². The quantitative estimate of drug-likeness (QED) is 0.144. The summed E-state index contributed by atoms with van der Waals surface area (Å²) in [6, 6.07) is 11.3. The molecule has 41 heavy (non-hydrogen) atoms. The minimum absolute atomic E-state index is 0.0165. The maximum atomic E-state index is 13.6. The second-order valence-electron chi connectivity index (χ2n) is 9.27. The molecule has 4 N–H and O–H groups in total. The van der Waals surface area contributed by atoms with E-state index in [0.29, 0.717) is 11.3 Å². The molecule has 0 saturated heterocycles. The lowest BCUT2D eigenvalue weighted by Gasteiger charge is -2.24. The number of rotatable bonds is 11. The first kappa shape index (κ1) is 31.3. The fourth-order valence-corrected chi connectivity index (χ4v) is 4.27. The molecule has 3 aromatic rings. The van der Waals surface area contributed by atoms with Crippen LogP contribution >= 0.6 is 11.6 Å².